The van der Waals surface area contributed by atoms with Gasteiger partial charge in [0.25, 0.3) is 0 Å². The van der Waals surface area contributed by atoms with E-state index in [0.717, 1.165) is 5.70 Å². The summed E-state index contributed by atoms with van der Waals surface area (Å²) in [7, 11) is 3.27. The third-order valence-corrected chi connectivity index (χ3v) is 1.94. The van der Waals surface area contributed by atoms with Crippen molar-refractivity contribution in [2.75, 3.05) is 14.2 Å². The number of allylic oxidation sites excluding steroid dienone is 3. The summed E-state index contributed by atoms with van der Waals surface area (Å²) in [4.78, 5) is 0. The van der Waals surface area contributed by atoms with Gasteiger partial charge in [-0.15, -0.1) is 5.73 Å². The molecule has 0 spiro atoms. The quantitative estimate of drug-likeness (QED) is 0.539. The number of halogens is 1. The van der Waals surface area contributed by atoms with Crippen molar-refractivity contribution in [2.24, 2.45) is 0 Å². The van der Waals surface area contributed by atoms with Crippen LogP contribution in [0.2, 0.25) is 0 Å². The van der Waals surface area contributed by atoms with Gasteiger partial charge in [0.05, 0.1) is 0 Å². The highest BCUT2D eigenvalue weighted by Crippen LogP contribution is 2.08. The molecule has 84 valence electrons. The highest BCUT2D eigenvalue weighted by Gasteiger charge is 2.04. The first-order valence-corrected chi connectivity index (χ1v) is 4.77. The van der Waals surface area contributed by atoms with E-state index in [1.54, 1.807) is 20.0 Å². The number of hydrogen-bond donors (Lipinski definition) is 1. The van der Waals surface area contributed by atoms with Crippen molar-refractivity contribution in [1.29, 1.82) is 0 Å². The molecule has 0 rings (SSSR count). The molecule has 1 unspecified atom stereocenters. The number of methoxy groups -OCH3 is 1. The Labute approximate surface area is 90.8 Å². The maximum absolute atomic E-state index is 13.2. The molecule has 3 heteroatoms. The summed E-state index contributed by atoms with van der Waals surface area (Å²) in [6, 6.07) is 0. The molecule has 0 aromatic heterocycles. The fourth-order valence-corrected chi connectivity index (χ4v) is 0.920. The Hall–Kier alpha value is -1.31. The number of hydrogen-bond acceptors (Lipinski definition) is 2. The van der Waals surface area contributed by atoms with Gasteiger partial charge in [-0.05, 0) is 19.4 Å². The minimum absolute atomic E-state index is 0.258. The van der Waals surface area contributed by atoms with Gasteiger partial charge >= 0.3 is 0 Å². The van der Waals surface area contributed by atoms with E-state index >= 15 is 0 Å². The first-order valence-electron chi connectivity index (χ1n) is 4.77. The molecule has 0 bridgehead atoms. The Kier molecular flexibility index (Phi) is 7.33. The van der Waals surface area contributed by atoms with Crippen molar-refractivity contribution in [3.63, 3.8) is 0 Å². The van der Waals surface area contributed by atoms with Crippen LogP contribution in [0.15, 0.2) is 42.1 Å². The molecular weight excluding hydrogens is 193 g/mol. The zero-order valence-corrected chi connectivity index (χ0v) is 9.51. The molecule has 0 saturated heterocycles. The number of nitrogens with one attached hydrogen (secondary N) is 1. The van der Waals surface area contributed by atoms with Crippen molar-refractivity contribution >= 4 is 0 Å². The molecule has 0 saturated carbocycles. The molecule has 0 heterocycles. The van der Waals surface area contributed by atoms with Crippen LogP contribution in [0.4, 0.5) is 4.39 Å². The maximum Gasteiger partial charge on any atom is 0.125 e. The zero-order chi connectivity index (χ0) is 11.7. The van der Waals surface area contributed by atoms with Crippen molar-refractivity contribution < 1.29 is 9.13 Å². The third-order valence-electron chi connectivity index (χ3n) is 1.94. The summed E-state index contributed by atoms with van der Waals surface area (Å²) in [6.45, 7) is 5.13. The molecule has 1 N–H and O–H groups in total. The van der Waals surface area contributed by atoms with Crippen LogP contribution in [-0.2, 0) is 4.74 Å². The largest absolute Gasteiger partial charge is 0.388 e. The minimum Gasteiger partial charge on any atom is -0.388 e. The number of likely N-dealkylation sites (N-methyl/N-ethyl adjacent to an activating group) is 1. The lowest BCUT2D eigenvalue weighted by Gasteiger charge is -2.05. The second kappa shape index (κ2) is 8.04. The highest BCUT2D eigenvalue weighted by molar-refractivity contribution is 5.17. The van der Waals surface area contributed by atoms with Gasteiger partial charge in [0.15, 0.2) is 0 Å². The molecule has 0 aliphatic heterocycles. The lowest BCUT2D eigenvalue weighted by molar-refractivity contribution is 0.127. The predicted molar refractivity (Wildman–Crippen MR) is 61.1 cm³/mol. The second-order valence-corrected chi connectivity index (χ2v) is 2.96. The number of rotatable bonds is 6. The van der Waals surface area contributed by atoms with Gasteiger partial charge in [-0.25, -0.2) is 4.39 Å². The molecular formula is C12H18FNO. The fourth-order valence-electron chi connectivity index (χ4n) is 0.920. The molecule has 15 heavy (non-hydrogen) atoms. The van der Waals surface area contributed by atoms with E-state index in [4.69, 9.17) is 4.74 Å². The van der Waals surface area contributed by atoms with Crippen LogP contribution in [-0.4, -0.2) is 20.3 Å². The molecule has 0 fully saturated rings. The fraction of sp³-hybridized carbons (Fsp3) is 0.417. The summed E-state index contributed by atoms with van der Waals surface area (Å²) in [5.41, 5.74) is 3.51. The second-order valence-electron chi connectivity index (χ2n) is 2.96. The van der Waals surface area contributed by atoms with Crippen LogP contribution >= 0.6 is 0 Å². The van der Waals surface area contributed by atoms with Gasteiger partial charge in [0.1, 0.15) is 11.9 Å². The molecule has 1 atom stereocenters. The molecule has 2 nitrogen and oxygen atoms in total. The smallest absolute Gasteiger partial charge is 0.125 e. The first kappa shape index (κ1) is 13.7. The number of ether oxygens (including phenoxy) is 1. The highest BCUT2D eigenvalue weighted by atomic mass is 19.1. The van der Waals surface area contributed by atoms with Crippen LogP contribution in [0.5, 0.6) is 0 Å². The topological polar surface area (TPSA) is 21.3 Å². The van der Waals surface area contributed by atoms with E-state index in [9.17, 15) is 4.39 Å². The maximum atomic E-state index is 13.2. The molecule has 0 aliphatic rings. The van der Waals surface area contributed by atoms with Crippen LogP contribution in [0.25, 0.3) is 0 Å². The standard InChI is InChI=1S/C12H18FNO/c1-5-7-11(14-3)8-6-9-12(13)10(2)15-4/h7-10,14H,1,6H2,2-4H3/b11-8?,12-9+. The van der Waals surface area contributed by atoms with E-state index in [0.29, 0.717) is 6.42 Å². The lowest BCUT2D eigenvalue weighted by atomic mass is 10.2. The Morgan fingerprint density at radius 2 is 2.27 bits per heavy atom. The van der Waals surface area contributed by atoms with Gasteiger partial charge in [-0.2, -0.15) is 0 Å². The summed E-state index contributed by atoms with van der Waals surface area (Å²) in [5.74, 6) is -0.258. The Bertz CT molecular complexity index is 288. The monoisotopic (exact) mass is 211 g/mol. The first-order chi connectivity index (χ1) is 7.15. The van der Waals surface area contributed by atoms with Gasteiger partial charge in [-0.3, -0.25) is 0 Å². The SMILES string of the molecule is C=C=CC(=CC/C=C(/F)C(C)OC)NC. The molecule has 0 amide bonds. The van der Waals surface area contributed by atoms with Gasteiger partial charge in [0.2, 0.25) is 0 Å². The van der Waals surface area contributed by atoms with Gasteiger partial charge in [0, 0.05) is 25.9 Å². The summed E-state index contributed by atoms with van der Waals surface area (Å²) in [5, 5.41) is 2.94. The van der Waals surface area contributed by atoms with Gasteiger partial charge in [-0.1, -0.05) is 12.7 Å². The molecule has 0 radical (unpaired) electrons. The Balaban J connectivity index is 4.31. The van der Waals surface area contributed by atoms with Crippen molar-refractivity contribution in [3.05, 3.63) is 42.1 Å². The summed E-state index contributed by atoms with van der Waals surface area (Å²) in [6.07, 6.45) is 5.06. The van der Waals surface area contributed by atoms with Crippen molar-refractivity contribution in [3.8, 4) is 0 Å². The zero-order valence-electron chi connectivity index (χ0n) is 9.51. The van der Waals surface area contributed by atoms with Crippen molar-refractivity contribution in [1.82, 2.24) is 5.32 Å². The molecule has 0 aromatic rings. The third kappa shape index (κ3) is 5.89. The van der Waals surface area contributed by atoms with Crippen LogP contribution in [0.3, 0.4) is 0 Å². The minimum atomic E-state index is -0.480. The van der Waals surface area contributed by atoms with E-state index in [1.165, 1.54) is 13.2 Å². The van der Waals surface area contributed by atoms with E-state index in [-0.39, 0.29) is 5.83 Å². The normalized spacial score (nSPS) is 14.4. The summed E-state index contributed by atoms with van der Waals surface area (Å²) < 4.78 is 18.0. The molecule has 0 aromatic carbocycles. The van der Waals surface area contributed by atoms with Crippen LogP contribution < -0.4 is 5.32 Å². The predicted octanol–water partition coefficient (Wildman–Crippen LogP) is 2.71. The average Bonchev–Trinajstić information content (AvgIpc) is 2.26. The van der Waals surface area contributed by atoms with E-state index in [2.05, 4.69) is 17.6 Å². The average molecular weight is 211 g/mol. The van der Waals surface area contributed by atoms with Crippen LogP contribution in [0, 0.1) is 0 Å². The Morgan fingerprint density at radius 1 is 1.60 bits per heavy atom. The van der Waals surface area contributed by atoms with Gasteiger partial charge < -0.3 is 10.1 Å². The summed E-state index contributed by atoms with van der Waals surface area (Å²) >= 11 is 0. The van der Waals surface area contributed by atoms with Crippen molar-refractivity contribution in [2.45, 2.75) is 19.4 Å². The van der Waals surface area contributed by atoms with E-state index in [1.807, 2.05) is 6.08 Å². The van der Waals surface area contributed by atoms with Crippen LogP contribution in [0.1, 0.15) is 13.3 Å². The van der Waals surface area contributed by atoms with E-state index < -0.39 is 6.10 Å². The Morgan fingerprint density at radius 3 is 2.73 bits per heavy atom. The molecule has 0 aliphatic carbocycles. The lowest BCUT2D eigenvalue weighted by Crippen LogP contribution is -2.05.